The molecule has 0 fully saturated rings. The number of ether oxygens (including phenoxy) is 3. The molecular weight excluding hydrogens is 384 g/mol. The Balaban J connectivity index is 3.48. The Labute approximate surface area is 183 Å². The number of esters is 3. The van der Waals surface area contributed by atoms with Gasteiger partial charge in [-0.25, -0.2) is 0 Å². The van der Waals surface area contributed by atoms with Crippen molar-refractivity contribution in [1.82, 2.24) is 0 Å². The monoisotopic (exact) mass is 428 g/mol. The Kier molecular flexibility index (Phi) is 17.2. The van der Waals surface area contributed by atoms with Gasteiger partial charge < -0.3 is 14.2 Å². The van der Waals surface area contributed by atoms with Crippen LogP contribution in [0.5, 0.6) is 0 Å². The smallest absolute Gasteiger partial charge is 0.311 e. The Morgan fingerprint density at radius 3 is 1.63 bits per heavy atom. The van der Waals surface area contributed by atoms with Gasteiger partial charge in [0.1, 0.15) is 0 Å². The van der Waals surface area contributed by atoms with Crippen molar-refractivity contribution in [2.45, 2.75) is 111 Å². The summed E-state index contributed by atoms with van der Waals surface area (Å²) in [7, 11) is 0. The van der Waals surface area contributed by atoms with E-state index in [-0.39, 0.29) is 30.9 Å². The summed E-state index contributed by atoms with van der Waals surface area (Å²) >= 11 is 0. The summed E-state index contributed by atoms with van der Waals surface area (Å²) in [5.41, 5.74) is -0.485. The summed E-state index contributed by atoms with van der Waals surface area (Å²) in [5.74, 6) is -0.649. The zero-order valence-corrected chi connectivity index (χ0v) is 19.8. The van der Waals surface area contributed by atoms with Crippen LogP contribution in [0, 0.1) is 5.41 Å². The van der Waals surface area contributed by atoms with E-state index in [4.69, 9.17) is 14.2 Å². The van der Waals surface area contributed by atoms with Gasteiger partial charge >= 0.3 is 17.9 Å². The summed E-state index contributed by atoms with van der Waals surface area (Å²) in [6.45, 7) is 8.94. The molecule has 0 aliphatic heterocycles. The zero-order valence-electron chi connectivity index (χ0n) is 19.8. The van der Waals surface area contributed by atoms with Gasteiger partial charge in [0.05, 0.1) is 25.2 Å². The van der Waals surface area contributed by atoms with Gasteiger partial charge in [0.25, 0.3) is 0 Å². The molecule has 0 unspecified atom stereocenters. The third-order valence-corrected chi connectivity index (χ3v) is 5.24. The molecule has 0 aliphatic carbocycles. The Hall–Kier alpha value is -1.59. The van der Waals surface area contributed by atoms with Crippen molar-refractivity contribution in [2.75, 3.05) is 19.8 Å². The molecule has 0 saturated carbocycles. The SMILES string of the molecule is CCCCCCCCOC(=O)CCCCCOC(=O)CCCOC(=O)C(C)(C)CC. The summed E-state index contributed by atoms with van der Waals surface area (Å²) in [5, 5.41) is 0. The van der Waals surface area contributed by atoms with Gasteiger partial charge in [0.15, 0.2) is 0 Å². The Bertz CT molecular complexity index is 472. The first kappa shape index (κ1) is 28.4. The molecule has 0 rings (SSSR count). The Morgan fingerprint density at radius 2 is 1.07 bits per heavy atom. The molecule has 0 aromatic heterocycles. The highest BCUT2D eigenvalue weighted by Crippen LogP contribution is 2.21. The maximum Gasteiger partial charge on any atom is 0.311 e. The highest BCUT2D eigenvalue weighted by Gasteiger charge is 2.26. The average Bonchev–Trinajstić information content (AvgIpc) is 2.72. The summed E-state index contributed by atoms with van der Waals surface area (Å²) in [6.07, 6.45) is 11.2. The lowest BCUT2D eigenvalue weighted by Gasteiger charge is -2.20. The number of carbonyl (C=O) groups excluding carboxylic acids is 3. The average molecular weight is 429 g/mol. The number of hydrogen-bond donors (Lipinski definition) is 0. The van der Waals surface area contributed by atoms with E-state index < -0.39 is 5.41 Å². The van der Waals surface area contributed by atoms with Crippen LogP contribution in [0.15, 0.2) is 0 Å². The van der Waals surface area contributed by atoms with Crippen LogP contribution in [0.1, 0.15) is 111 Å². The molecule has 176 valence electrons. The molecule has 0 N–H and O–H groups in total. The normalized spacial score (nSPS) is 11.2. The second-order valence-electron chi connectivity index (χ2n) is 8.50. The van der Waals surface area contributed by atoms with E-state index in [2.05, 4.69) is 6.92 Å². The number of carbonyl (C=O) groups is 3. The molecular formula is C24H44O6. The van der Waals surface area contributed by atoms with Gasteiger partial charge in [0, 0.05) is 12.8 Å². The van der Waals surface area contributed by atoms with E-state index in [0.29, 0.717) is 32.5 Å². The lowest BCUT2D eigenvalue weighted by atomic mass is 9.91. The number of rotatable bonds is 19. The van der Waals surface area contributed by atoms with E-state index in [0.717, 1.165) is 32.1 Å². The molecule has 0 aromatic rings. The zero-order chi connectivity index (χ0) is 22.7. The molecule has 6 heteroatoms. The predicted molar refractivity (Wildman–Crippen MR) is 118 cm³/mol. The van der Waals surface area contributed by atoms with E-state index in [1.165, 1.54) is 25.7 Å². The summed E-state index contributed by atoms with van der Waals surface area (Å²) in [6, 6.07) is 0. The van der Waals surface area contributed by atoms with Crippen molar-refractivity contribution in [2.24, 2.45) is 5.41 Å². The van der Waals surface area contributed by atoms with Crippen LogP contribution in [-0.4, -0.2) is 37.7 Å². The highest BCUT2D eigenvalue weighted by atomic mass is 16.5. The molecule has 0 amide bonds. The lowest BCUT2D eigenvalue weighted by Crippen LogP contribution is -2.26. The highest BCUT2D eigenvalue weighted by molar-refractivity contribution is 5.75. The summed E-state index contributed by atoms with van der Waals surface area (Å²) < 4.78 is 15.6. The molecule has 0 radical (unpaired) electrons. The second kappa shape index (κ2) is 18.2. The van der Waals surface area contributed by atoms with Gasteiger partial charge in [-0.15, -0.1) is 0 Å². The van der Waals surface area contributed by atoms with Crippen molar-refractivity contribution in [3.63, 3.8) is 0 Å². The molecule has 30 heavy (non-hydrogen) atoms. The van der Waals surface area contributed by atoms with E-state index >= 15 is 0 Å². The first-order valence-corrected chi connectivity index (χ1v) is 11.8. The standard InChI is InChI=1S/C24H44O6/c1-5-7-8-9-10-13-18-28-21(25)16-12-11-14-19-29-22(26)17-15-20-30-23(27)24(3,4)6-2/h5-20H2,1-4H3. The van der Waals surface area contributed by atoms with Gasteiger partial charge in [-0.05, 0) is 52.4 Å². The molecule has 0 bridgehead atoms. The Morgan fingerprint density at radius 1 is 0.600 bits per heavy atom. The van der Waals surface area contributed by atoms with Crippen molar-refractivity contribution < 1.29 is 28.6 Å². The minimum Gasteiger partial charge on any atom is -0.466 e. The van der Waals surface area contributed by atoms with Crippen LogP contribution in [0.4, 0.5) is 0 Å². The maximum atomic E-state index is 11.8. The van der Waals surface area contributed by atoms with Gasteiger partial charge in [-0.3, -0.25) is 14.4 Å². The molecule has 0 aliphatic rings. The first-order valence-electron chi connectivity index (χ1n) is 11.8. The minimum absolute atomic E-state index is 0.138. The number of hydrogen-bond acceptors (Lipinski definition) is 6. The van der Waals surface area contributed by atoms with Gasteiger partial charge in [-0.1, -0.05) is 46.0 Å². The fraction of sp³-hybridized carbons (Fsp3) is 0.875. The van der Waals surface area contributed by atoms with Crippen LogP contribution in [0.25, 0.3) is 0 Å². The van der Waals surface area contributed by atoms with Crippen LogP contribution in [0.3, 0.4) is 0 Å². The fourth-order valence-electron chi connectivity index (χ4n) is 2.67. The summed E-state index contributed by atoms with van der Waals surface area (Å²) in [4.78, 5) is 35.1. The van der Waals surface area contributed by atoms with E-state index in [1.54, 1.807) is 0 Å². The molecule has 0 atom stereocenters. The van der Waals surface area contributed by atoms with Gasteiger partial charge in [-0.2, -0.15) is 0 Å². The van der Waals surface area contributed by atoms with Crippen molar-refractivity contribution >= 4 is 17.9 Å². The largest absolute Gasteiger partial charge is 0.466 e. The van der Waals surface area contributed by atoms with Crippen molar-refractivity contribution in [1.29, 1.82) is 0 Å². The minimum atomic E-state index is -0.485. The van der Waals surface area contributed by atoms with Crippen LogP contribution >= 0.6 is 0 Å². The van der Waals surface area contributed by atoms with Gasteiger partial charge in [0.2, 0.25) is 0 Å². The third kappa shape index (κ3) is 16.2. The third-order valence-electron chi connectivity index (χ3n) is 5.24. The fourth-order valence-corrected chi connectivity index (χ4v) is 2.67. The predicted octanol–water partition coefficient (Wildman–Crippen LogP) is 5.75. The quantitative estimate of drug-likeness (QED) is 0.148. The molecule has 0 aromatic carbocycles. The lowest BCUT2D eigenvalue weighted by molar-refractivity contribution is -0.155. The molecule has 0 saturated heterocycles. The second-order valence-corrected chi connectivity index (χ2v) is 8.50. The van der Waals surface area contributed by atoms with Crippen molar-refractivity contribution in [3.8, 4) is 0 Å². The maximum absolute atomic E-state index is 11.8. The van der Waals surface area contributed by atoms with Crippen molar-refractivity contribution in [3.05, 3.63) is 0 Å². The van der Waals surface area contributed by atoms with Crippen LogP contribution < -0.4 is 0 Å². The molecule has 0 spiro atoms. The first-order chi connectivity index (χ1) is 14.3. The molecule has 0 heterocycles. The molecule has 6 nitrogen and oxygen atoms in total. The van der Waals surface area contributed by atoms with E-state index in [1.807, 2.05) is 20.8 Å². The number of unbranched alkanes of at least 4 members (excludes halogenated alkanes) is 7. The topological polar surface area (TPSA) is 78.9 Å². The van der Waals surface area contributed by atoms with Crippen LogP contribution in [-0.2, 0) is 28.6 Å². The van der Waals surface area contributed by atoms with E-state index in [9.17, 15) is 14.4 Å². The van der Waals surface area contributed by atoms with Crippen LogP contribution in [0.2, 0.25) is 0 Å².